The van der Waals surface area contributed by atoms with Gasteiger partial charge in [0.2, 0.25) is 0 Å². The fraction of sp³-hybridized carbons (Fsp3) is 0.972. The van der Waals surface area contributed by atoms with Gasteiger partial charge in [0.05, 0.1) is 19.8 Å². The summed E-state index contributed by atoms with van der Waals surface area (Å²) in [5.41, 5.74) is 0. The van der Waals surface area contributed by atoms with E-state index in [0.29, 0.717) is 6.61 Å². The lowest BCUT2D eigenvalue weighted by molar-refractivity contribution is -0.310. The number of ether oxygens (including phenoxy) is 2. The van der Waals surface area contributed by atoms with E-state index in [1.807, 2.05) is 0 Å². The molecule has 0 amide bonds. The van der Waals surface area contributed by atoms with Crippen LogP contribution < -0.4 is 0 Å². The summed E-state index contributed by atoms with van der Waals surface area (Å²) in [4.78, 5) is 14.4. The molecule has 0 aromatic carbocycles. The zero-order chi connectivity index (χ0) is 43.4. The molecule has 0 unspecified atom stereocenters. The topological polar surface area (TPSA) is 109 Å². The van der Waals surface area contributed by atoms with Crippen LogP contribution >= 0.6 is 0 Å². The van der Waals surface area contributed by atoms with Gasteiger partial charge in [0.1, 0.15) is 42.7 Å². The minimum absolute atomic E-state index is 0.0583. The highest BCUT2D eigenvalue weighted by Gasteiger charge is 2.54. The molecule has 328 valence electrons. The number of hydrogen-bond donors (Lipinski definition) is 0. The van der Waals surface area contributed by atoms with Crippen LogP contribution in [-0.4, -0.2) is 141 Å². The number of Topliss-reactive ketones (excluding diaryl/α,β-unsaturated/α-hetero) is 1. The van der Waals surface area contributed by atoms with Gasteiger partial charge in [-0.2, -0.15) is 0 Å². The van der Waals surface area contributed by atoms with Gasteiger partial charge in [-0.25, -0.2) is 0 Å². The Morgan fingerprint density at radius 2 is 0.909 bits per heavy atom. The van der Waals surface area contributed by atoms with E-state index in [1.54, 1.807) is 0 Å². The van der Waals surface area contributed by atoms with E-state index in [9.17, 15) is 4.79 Å². The molecule has 1 heterocycles. The molecule has 8 atom stereocenters. The first-order valence-electron chi connectivity index (χ1n) is 20.3. The molecule has 0 aliphatic carbocycles. The van der Waals surface area contributed by atoms with Crippen LogP contribution in [0.1, 0.15) is 0 Å². The summed E-state index contributed by atoms with van der Waals surface area (Å²) in [7, 11) is -17.3. The average Bonchev–Trinajstić information content (AvgIpc) is 2.89. The summed E-state index contributed by atoms with van der Waals surface area (Å²) < 4.78 is 69.0. The molecule has 0 radical (unpaired) electrons. The van der Waals surface area contributed by atoms with Crippen molar-refractivity contribution in [3.8, 4) is 0 Å². The molecule has 55 heavy (non-hydrogen) atoms. The monoisotopic (exact) mass is 918 g/mol. The summed E-state index contributed by atoms with van der Waals surface area (Å²) >= 11 is 0. The lowest BCUT2D eigenvalue weighted by Gasteiger charge is -2.52. The highest BCUT2D eigenvalue weighted by Crippen LogP contribution is 2.36. The summed E-state index contributed by atoms with van der Waals surface area (Å²) in [6, 6.07) is 0. The Kier molecular flexibility index (Phi) is 19.9. The number of carbonyl (C=O) groups excluding carboxylic acids is 1. The van der Waals surface area contributed by atoms with Gasteiger partial charge in [-0.15, -0.1) is 0 Å². The normalized spacial score (nSPS) is 24.5. The molecule has 1 aliphatic rings. The Hall–Kier alpha value is 1.01. The third-order valence-corrected chi connectivity index (χ3v) is 15.3. The van der Waals surface area contributed by atoms with Crippen LogP contribution in [0.3, 0.4) is 0 Å². The van der Waals surface area contributed by atoms with Crippen molar-refractivity contribution in [2.75, 3.05) is 19.8 Å². The lowest BCUT2D eigenvalue weighted by atomic mass is 9.99. The van der Waals surface area contributed by atoms with E-state index >= 15 is 0 Å². The molecule has 0 N–H and O–H groups in total. The van der Waals surface area contributed by atoms with Gasteiger partial charge in [0, 0.05) is 0 Å². The molecule has 0 bridgehead atoms. The summed E-state index contributed by atoms with van der Waals surface area (Å²) in [5, 5.41) is 0. The van der Waals surface area contributed by atoms with Crippen LogP contribution in [-0.2, 0) is 49.7 Å². The molecule has 1 fully saturated rings. The predicted octanol–water partition coefficient (Wildman–Crippen LogP) is 9.32. The van der Waals surface area contributed by atoms with Crippen molar-refractivity contribution in [1.29, 1.82) is 0 Å². The van der Waals surface area contributed by atoms with Crippen molar-refractivity contribution in [3.05, 3.63) is 0 Å². The van der Waals surface area contributed by atoms with Crippen molar-refractivity contribution < 1.29 is 49.7 Å². The molecular weight excluding hydrogens is 833 g/mol. The predicted molar refractivity (Wildman–Crippen MR) is 248 cm³/mol. The number of carbonyl (C=O) groups is 1. The molecular formula is C36H86O11Si8. The maximum absolute atomic E-state index is 14.4. The maximum Gasteiger partial charge on any atom is 0.187 e. The molecule has 19 heteroatoms. The van der Waals surface area contributed by atoms with Gasteiger partial charge in [-0.3, -0.25) is 4.79 Å². The number of ketones is 1. The van der Waals surface area contributed by atoms with E-state index in [1.165, 1.54) is 0 Å². The van der Waals surface area contributed by atoms with Gasteiger partial charge in [0.15, 0.2) is 78.6 Å². The Morgan fingerprint density at radius 1 is 0.491 bits per heavy atom. The van der Waals surface area contributed by atoms with Crippen molar-refractivity contribution in [2.45, 2.75) is 206 Å². The zero-order valence-electron chi connectivity index (χ0n) is 39.7. The lowest BCUT2D eigenvalue weighted by Crippen LogP contribution is -2.67. The minimum atomic E-state index is -2.34. The van der Waals surface area contributed by atoms with Crippen molar-refractivity contribution >= 4 is 72.3 Å². The first-order chi connectivity index (χ1) is 24.1. The molecule has 0 spiro atoms. The van der Waals surface area contributed by atoms with Gasteiger partial charge in [-0.1, -0.05) is 0 Å². The Labute approximate surface area is 346 Å². The fourth-order valence-corrected chi connectivity index (χ4v) is 12.9. The summed E-state index contributed by atoms with van der Waals surface area (Å²) in [6.45, 7) is 52.0. The first kappa shape index (κ1) is 54.0. The highest BCUT2D eigenvalue weighted by atomic mass is 28.4. The Balaban J connectivity index is 4.15. The van der Waals surface area contributed by atoms with E-state index < -0.39 is 116 Å². The van der Waals surface area contributed by atoms with Crippen molar-refractivity contribution in [3.63, 3.8) is 0 Å². The van der Waals surface area contributed by atoms with Crippen LogP contribution in [0, 0.1) is 0 Å². The van der Waals surface area contributed by atoms with Crippen LogP contribution in [0.5, 0.6) is 0 Å². The molecule has 1 rings (SSSR count). The second kappa shape index (κ2) is 20.3. The van der Waals surface area contributed by atoms with Gasteiger partial charge >= 0.3 is 0 Å². The van der Waals surface area contributed by atoms with Crippen LogP contribution in [0.15, 0.2) is 0 Å². The second-order valence-corrected chi connectivity index (χ2v) is 58.7. The second-order valence-electron chi connectivity index (χ2n) is 22.9. The third-order valence-electron chi connectivity index (χ3n) is 7.33. The molecule has 0 aromatic rings. The minimum Gasteiger partial charge on any atom is -0.415 e. The Morgan fingerprint density at radius 3 is 1.31 bits per heavy atom. The fourth-order valence-electron chi connectivity index (χ4n) is 5.60. The standard InChI is InChI=1S/C36H86O11Si8/c1-48(2,3)38-25-28(37)31(43-51(10,11)12)32(44-52(13,14)15)29(26-39-49(4,5)6)41-36-35(47-55(22,23)24)34(46-54(19,20)21)33(45-53(16,17)18)30(42-36)27-40-50(7,8)9/h29-36H,25-27H2,1-24H3/t29-,30-,31-,32-,33-,34+,35-,36+/m1/s1. The molecule has 0 aromatic heterocycles. The van der Waals surface area contributed by atoms with Crippen LogP contribution in [0.25, 0.3) is 0 Å². The Bertz CT molecular complexity index is 1170. The van der Waals surface area contributed by atoms with Gasteiger partial charge in [0.25, 0.3) is 0 Å². The number of rotatable bonds is 24. The van der Waals surface area contributed by atoms with Crippen molar-refractivity contribution in [2.24, 2.45) is 0 Å². The highest BCUT2D eigenvalue weighted by molar-refractivity contribution is 6.72. The van der Waals surface area contributed by atoms with Crippen molar-refractivity contribution in [1.82, 2.24) is 0 Å². The summed E-state index contributed by atoms with van der Waals surface area (Å²) in [5.74, 6) is -0.154. The summed E-state index contributed by atoms with van der Waals surface area (Å²) in [6.07, 6.45) is -5.46. The third kappa shape index (κ3) is 24.1. The average molecular weight is 920 g/mol. The maximum atomic E-state index is 14.4. The molecule has 1 aliphatic heterocycles. The van der Waals surface area contributed by atoms with Gasteiger partial charge < -0.3 is 44.9 Å². The quantitative estimate of drug-likeness (QED) is 0.0865. The first-order valence-corrected chi connectivity index (χ1v) is 47.5. The van der Waals surface area contributed by atoms with Crippen LogP contribution in [0.4, 0.5) is 0 Å². The SMILES string of the molecule is C[Si](C)(C)OCC(=O)[C@@H](O[Si](C)(C)C)[C@H](O[Si](C)(C)C)[C@@H](CO[Si](C)(C)C)O[C@H]1O[C@H](CO[Si](C)(C)C)[C@@H](O[Si](C)(C)C)[C@H](O[Si](C)(C)C)[C@H]1O[Si](C)(C)C. The van der Waals surface area contributed by atoms with Crippen LogP contribution in [0.2, 0.25) is 157 Å². The molecule has 0 saturated carbocycles. The van der Waals surface area contributed by atoms with Gasteiger partial charge in [-0.05, 0) is 157 Å². The molecule has 11 nitrogen and oxygen atoms in total. The number of hydrogen-bond acceptors (Lipinski definition) is 11. The van der Waals surface area contributed by atoms with E-state index in [2.05, 4.69) is 157 Å². The van der Waals surface area contributed by atoms with E-state index in [-0.39, 0.29) is 19.0 Å². The largest absolute Gasteiger partial charge is 0.415 e. The molecule has 1 saturated heterocycles. The smallest absolute Gasteiger partial charge is 0.187 e. The zero-order valence-corrected chi connectivity index (χ0v) is 47.7. The van der Waals surface area contributed by atoms with E-state index in [0.717, 1.165) is 0 Å². The van der Waals surface area contributed by atoms with E-state index in [4.69, 9.17) is 44.9 Å².